The highest BCUT2D eigenvalue weighted by Gasteiger charge is 2.55. The van der Waals surface area contributed by atoms with Gasteiger partial charge in [0.2, 0.25) is 0 Å². The van der Waals surface area contributed by atoms with Gasteiger partial charge in [0.15, 0.2) is 5.75 Å². The second-order valence-electron chi connectivity index (χ2n) is 6.94. The summed E-state index contributed by atoms with van der Waals surface area (Å²) in [5, 5.41) is 0.709. The van der Waals surface area contributed by atoms with Crippen LogP contribution in [-0.4, -0.2) is 60.1 Å². The maximum absolute atomic E-state index is 12.8. The minimum Gasteiger partial charge on any atom is -0.487 e. The van der Waals surface area contributed by atoms with Gasteiger partial charge in [0, 0.05) is 7.05 Å². The molecule has 7 nitrogen and oxygen atoms in total. The Morgan fingerprint density at radius 2 is 1.75 bits per heavy atom. The van der Waals surface area contributed by atoms with Crippen LogP contribution in [0.2, 0.25) is 10.0 Å². The summed E-state index contributed by atoms with van der Waals surface area (Å²) in [6.45, 7) is -0.422. The second kappa shape index (κ2) is 8.57. The minimum absolute atomic E-state index is 0.0426. The van der Waals surface area contributed by atoms with E-state index in [9.17, 15) is 14.4 Å². The van der Waals surface area contributed by atoms with Crippen LogP contribution in [-0.2, 0) is 14.3 Å². The molecule has 0 N–H and O–H groups in total. The summed E-state index contributed by atoms with van der Waals surface area (Å²) in [5.74, 6) is -0.666. The zero-order valence-corrected chi connectivity index (χ0v) is 17.1. The number of halogens is 2. The number of urea groups is 1. The average molecular weight is 429 g/mol. The number of amides is 3. The van der Waals surface area contributed by atoms with Crippen LogP contribution in [0.1, 0.15) is 32.1 Å². The maximum Gasteiger partial charge on any atom is 0.327 e. The number of carbonyl (C=O) groups is 3. The first-order valence-corrected chi connectivity index (χ1v) is 9.94. The van der Waals surface area contributed by atoms with Gasteiger partial charge in [-0.25, -0.2) is 4.79 Å². The Bertz CT molecular complexity index is 759. The van der Waals surface area contributed by atoms with E-state index >= 15 is 0 Å². The highest BCUT2D eigenvalue weighted by Crippen LogP contribution is 2.39. The molecule has 1 spiro atoms. The van der Waals surface area contributed by atoms with E-state index in [1.54, 1.807) is 25.2 Å². The van der Waals surface area contributed by atoms with Crippen molar-refractivity contribution < 1.29 is 23.9 Å². The summed E-state index contributed by atoms with van der Waals surface area (Å²) < 4.78 is 10.5. The van der Waals surface area contributed by atoms with E-state index in [1.165, 1.54) is 4.90 Å². The number of carbonyl (C=O) groups excluding carboxylic acids is 3. The molecule has 2 aliphatic rings. The summed E-state index contributed by atoms with van der Waals surface area (Å²) in [7, 11) is 1.62. The van der Waals surface area contributed by atoms with Crippen LogP contribution >= 0.6 is 23.2 Å². The van der Waals surface area contributed by atoms with Crippen molar-refractivity contribution in [3.05, 3.63) is 28.2 Å². The summed E-state index contributed by atoms with van der Waals surface area (Å²) in [6.07, 6.45) is 4.10. The Hall–Kier alpha value is -1.99. The van der Waals surface area contributed by atoms with Crippen molar-refractivity contribution in [2.24, 2.45) is 0 Å². The summed E-state index contributed by atoms with van der Waals surface area (Å²) in [4.78, 5) is 39.9. The van der Waals surface area contributed by atoms with Gasteiger partial charge in [-0.2, -0.15) is 0 Å². The van der Waals surface area contributed by atoms with Crippen molar-refractivity contribution >= 4 is 41.1 Å². The van der Waals surface area contributed by atoms with Crippen LogP contribution in [0.5, 0.6) is 5.75 Å². The molecule has 1 aromatic carbocycles. The molecule has 1 aliphatic heterocycles. The van der Waals surface area contributed by atoms with Gasteiger partial charge in [0.05, 0.1) is 10.0 Å². The van der Waals surface area contributed by atoms with Crippen molar-refractivity contribution in [2.75, 3.05) is 26.8 Å². The molecule has 0 atom stereocenters. The predicted octanol–water partition coefficient (Wildman–Crippen LogP) is 3.51. The number of likely N-dealkylation sites (N-methyl/N-ethyl adjacent to an activating group) is 1. The molecule has 28 heavy (non-hydrogen) atoms. The van der Waals surface area contributed by atoms with Gasteiger partial charge in [-0.15, -0.1) is 0 Å². The van der Waals surface area contributed by atoms with Crippen molar-refractivity contribution in [3.63, 3.8) is 0 Å². The number of hydrogen-bond acceptors (Lipinski definition) is 5. The third-order valence-electron chi connectivity index (χ3n) is 5.28. The first-order valence-electron chi connectivity index (χ1n) is 9.19. The van der Waals surface area contributed by atoms with E-state index in [2.05, 4.69) is 0 Å². The normalized spacial score (nSPS) is 18.7. The number of rotatable bonds is 6. The van der Waals surface area contributed by atoms with Gasteiger partial charge < -0.3 is 14.4 Å². The molecule has 3 amide bonds. The molecule has 0 radical (unpaired) electrons. The van der Waals surface area contributed by atoms with Gasteiger partial charge >= 0.3 is 12.0 Å². The fourth-order valence-corrected chi connectivity index (χ4v) is 4.27. The second-order valence-corrected chi connectivity index (χ2v) is 7.76. The van der Waals surface area contributed by atoms with Gasteiger partial charge in [-0.3, -0.25) is 14.5 Å². The maximum atomic E-state index is 12.8. The SMILES string of the molecule is CN1C(=O)N(CC(=O)OCCOc2c(Cl)cccc2Cl)C(=O)C12CCCCC2. The van der Waals surface area contributed by atoms with Gasteiger partial charge in [-0.1, -0.05) is 48.5 Å². The number of ether oxygens (including phenoxy) is 2. The van der Waals surface area contributed by atoms with Crippen LogP contribution in [0, 0.1) is 0 Å². The molecule has 1 aliphatic carbocycles. The number of para-hydroxylation sites is 1. The lowest BCUT2D eigenvalue weighted by Gasteiger charge is -2.35. The highest BCUT2D eigenvalue weighted by molar-refractivity contribution is 6.37. The van der Waals surface area contributed by atoms with E-state index in [-0.39, 0.29) is 19.1 Å². The Balaban J connectivity index is 1.51. The topological polar surface area (TPSA) is 76.2 Å². The third kappa shape index (κ3) is 3.91. The van der Waals surface area contributed by atoms with Crippen LogP contribution in [0.3, 0.4) is 0 Å². The third-order valence-corrected chi connectivity index (χ3v) is 5.88. The van der Waals surface area contributed by atoms with Crippen LogP contribution in [0.15, 0.2) is 18.2 Å². The minimum atomic E-state index is -0.806. The molecular formula is C19H22Cl2N2O5. The molecule has 0 unspecified atom stereocenters. The van der Waals surface area contributed by atoms with E-state index in [0.29, 0.717) is 28.6 Å². The number of benzene rings is 1. The molecule has 0 bridgehead atoms. The molecule has 1 aromatic rings. The van der Waals surface area contributed by atoms with Gasteiger partial charge in [-0.05, 0) is 25.0 Å². The number of imide groups is 1. The highest BCUT2D eigenvalue weighted by atomic mass is 35.5. The Kier molecular flexibility index (Phi) is 6.35. The fourth-order valence-electron chi connectivity index (χ4n) is 3.77. The molecule has 9 heteroatoms. The zero-order chi connectivity index (χ0) is 20.3. The smallest absolute Gasteiger partial charge is 0.327 e. The summed E-state index contributed by atoms with van der Waals surface area (Å²) in [6, 6.07) is 4.51. The number of esters is 1. The average Bonchev–Trinajstić information content (AvgIpc) is 2.84. The first kappa shape index (κ1) is 20.7. The summed E-state index contributed by atoms with van der Waals surface area (Å²) >= 11 is 12.0. The number of nitrogens with zero attached hydrogens (tertiary/aromatic N) is 2. The Morgan fingerprint density at radius 1 is 1.11 bits per heavy atom. The van der Waals surface area contributed by atoms with Crippen molar-refractivity contribution in [1.29, 1.82) is 0 Å². The molecule has 2 fully saturated rings. The quantitative estimate of drug-likeness (QED) is 0.393. The number of hydrogen-bond donors (Lipinski definition) is 0. The molecule has 1 heterocycles. The monoisotopic (exact) mass is 428 g/mol. The van der Waals surface area contributed by atoms with E-state index in [4.69, 9.17) is 32.7 Å². The van der Waals surface area contributed by atoms with Crippen LogP contribution < -0.4 is 4.74 Å². The Labute approximate surface area is 173 Å². The van der Waals surface area contributed by atoms with Crippen molar-refractivity contribution in [2.45, 2.75) is 37.6 Å². The van der Waals surface area contributed by atoms with E-state index in [1.807, 2.05) is 0 Å². The predicted molar refractivity (Wildman–Crippen MR) is 104 cm³/mol. The first-order chi connectivity index (χ1) is 13.4. The largest absolute Gasteiger partial charge is 0.487 e. The van der Waals surface area contributed by atoms with Crippen molar-refractivity contribution in [1.82, 2.24) is 9.80 Å². The molecular weight excluding hydrogens is 407 g/mol. The van der Waals surface area contributed by atoms with Crippen LogP contribution in [0.25, 0.3) is 0 Å². The lowest BCUT2D eigenvalue weighted by molar-refractivity contribution is -0.148. The molecule has 152 valence electrons. The van der Waals surface area contributed by atoms with Crippen LogP contribution in [0.4, 0.5) is 4.79 Å². The molecule has 1 saturated heterocycles. The molecule has 3 rings (SSSR count). The van der Waals surface area contributed by atoms with E-state index < -0.39 is 24.1 Å². The van der Waals surface area contributed by atoms with Gasteiger partial charge in [0.25, 0.3) is 5.91 Å². The molecule has 0 aromatic heterocycles. The van der Waals surface area contributed by atoms with Gasteiger partial charge in [0.1, 0.15) is 25.3 Å². The van der Waals surface area contributed by atoms with E-state index in [0.717, 1.165) is 24.2 Å². The standard InChI is InChI=1S/C19H22Cl2N2O5/c1-22-18(26)23(17(25)19(22)8-3-2-4-9-19)12-15(24)27-10-11-28-16-13(20)6-5-7-14(16)21/h5-7H,2-4,8-12H2,1H3. The zero-order valence-electron chi connectivity index (χ0n) is 15.6. The van der Waals surface area contributed by atoms with Crippen molar-refractivity contribution in [3.8, 4) is 5.75 Å². The summed E-state index contributed by atoms with van der Waals surface area (Å²) in [5.41, 5.74) is -0.806. The lowest BCUT2D eigenvalue weighted by atomic mass is 9.81. The Morgan fingerprint density at radius 3 is 2.39 bits per heavy atom. The fraction of sp³-hybridized carbons (Fsp3) is 0.526. The molecule has 1 saturated carbocycles. The lowest BCUT2D eigenvalue weighted by Crippen LogP contribution is -2.49.